The fourth-order valence-corrected chi connectivity index (χ4v) is 2.99. The number of hydrogen-bond acceptors (Lipinski definition) is 4. The number of ether oxygens (including phenoxy) is 1. The Kier molecular flexibility index (Phi) is 3.63. The van der Waals surface area contributed by atoms with Crippen molar-refractivity contribution in [2.75, 3.05) is 26.2 Å². The number of nitrogen functional groups attached to an aromatic ring is 1. The normalized spacial score (nSPS) is 11.3. The lowest BCUT2D eigenvalue weighted by Gasteiger charge is -2.12. The second-order valence-corrected chi connectivity index (χ2v) is 7.89. The summed E-state index contributed by atoms with van der Waals surface area (Å²) in [4.78, 5) is 4.32. The van der Waals surface area contributed by atoms with Crippen molar-refractivity contribution in [3.63, 3.8) is 0 Å². The Hall–Kier alpha value is -1.80. The Labute approximate surface area is 113 Å². The molecule has 19 heavy (non-hydrogen) atoms. The number of rotatable bonds is 3. The van der Waals surface area contributed by atoms with E-state index in [1.165, 1.54) is 0 Å². The number of aromatic nitrogens is 1. The smallest absolute Gasteiger partial charge is 0.137 e. The van der Waals surface area contributed by atoms with Crippen molar-refractivity contribution in [3.05, 3.63) is 36.5 Å². The molecule has 0 aliphatic heterocycles. The van der Waals surface area contributed by atoms with Gasteiger partial charge in [0.05, 0.1) is 19.0 Å². The van der Waals surface area contributed by atoms with Gasteiger partial charge in [0.2, 0.25) is 0 Å². The molecule has 0 aliphatic carbocycles. The Morgan fingerprint density at radius 3 is 2.47 bits per heavy atom. The van der Waals surface area contributed by atoms with Gasteiger partial charge in [-0.25, -0.2) is 0 Å². The first-order chi connectivity index (χ1) is 8.91. The number of pyridine rings is 1. The Balaban J connectivity index is 2.48. The summed E-state index contributed by atoms with van der Waals surface area (Å²) in [5.74, 6) is 0.705. The van der Waals surface area contributed by atoms with Crippen molar-refractivity contribution < 1.29 is 9.30 Å². The van der Waals surface area contributed by atoms with Crippen LogP contribution >= 0.6 is 7.14 Å². The Morgan fingerprint density at radius 1 is 1.21 bits per heavy atom. The molecular weight excluding hydrogens is 259 g/mol. The molecule has 0 unspecified atom stereocenters. The van der Waals surface area contributed by atoms with Crippen molar-refractivity contribution in [3.8, 4) is 17.0 Å². The van der Waals surface area contributed by atoms with Crippen LogP contribution < -0.4 is 15.8 Å². The first kappa shape index (κ1) is 13.6. The average Bonchev–Trinajstić information content (AvgIpc) is 2.38. The minimum Gasteiger partial charge on any atom is -0.495 e. The lowest BCUT2D eigenvalue weighted by Crippen LogP contribution is -2.10. The predicted octanol–water partition coefficient (Wildman–Crippen LogP) is 2.59. The molecule has 100 valence electrons. The monoisotopic (exact) mass is 276 g/mol. The van der Waals surface area contributed by atoms with E-state index >= 15 is 0 Å². The highest BCUT2D eigenvalue weighted by molar-refractivity contribution is 7.70. The third-order valence-corrected chi connectivity index (χ3v) is 4.43. The fourth-order valence-electron chi connectivity index (χ4n) is 1.84. The zero-order valence-corrected chi connectivity index (χ0v) is 12.1. The van der Waals surface area contributed by atoms with E-state index in [0.717, 1.165) is 11.3 Å². The van der Waals surface area contributed by atoms with Gasteiger partial charge in [0, 0.05) is 16.6 Å². The van der Waals surface area contributed by atoms with E-state index in [1.54, 1.807) is 32.7 Å². The maximum atomic E-state index is 12.2. The van der Waals surface area contributed by atoms with Gasteiger partial charge in [-0.2, -0.15) is 0 Å². The number of methoxy groups -OCH3 is 1. The van der Waals surface area contributed by atoms with Crippen LogP contribution in [0.5, 0.6) is 5.75 Å². The molecule has 1 aromatic heterocycles. The van der Waals surface area contributed by atoms with Gasteiger partial charge in [0.1, 0.15) is 12.9 Å². The topological polar surface area (TPSA) is 65.2 Å². The molecule has 1 aromatic carbocycles. The van der Waals surface area contributed by atoms with E-state index in [2.05, 4.69) is 4.98 Å². The van der Waals surface area contributed by atoms with Crippen LogP contribution in [0.4, 0.5) is 5.69 Å². The molecule has 0 aliphatic rings. The molecule has 0 bridgehead atoms. The van der Waals surface area contributed by atoms with Gasteiger partial charge in [0.25, 0.3) is 0 Å². The van der Waals surface area contributed by atoms with Crippen LogP contribution in [0.3, 0.4) is 0 Å². The van der Waals surface area contributed by atoms with E-state index in [1.807, 2.05) is 24.3 Å². The molecule has 0 saturated heterocycles. The molecule has 0 amide bonds. The van der Waals surface area contributed by atoms with Crippen LogP contribution in [-0.4, -0.2) is 25.4 Å². The van der Waals surface area contributed by atoms with E-state index in [0.29, 0.717) is 16.7 Å². The van der Waals surface area contributed by atoms with E-state index < -0.39 is 7.14 Å². The molecular formula is C14H17N2O2P. The van der Waals surface area contributed by atoms with Crippen molar-refractivity contribution in [2.45, 2.75) is 0 Å². The zero-order valence-electron chi connectivity index (χ0n) is 11.3. The highest BCUT2D eigenvalue weighted by atomic mass is 31.2. The number of nitrogens with zero attached hydrogens (tertiary/aromatic N) is 1. The molecule has 2 N–H and O–H groups in total. The Bertz CT molecular complexity index is 632. The fraction of sp³-hybridized carbons (Fsp3) is 0.214. The summed E-state index contributed by atoms with van der Waals surface area (Å²) in [5, 5.41) is 0.697. The predicted molar refractivity (Wildman–Crippen MR) is 79.7 cm³/mol. The molecule has 5 heteroatoms. The number of benzene rings is 1. The quantitative estimate of drug-likeness (QED) is 0.691. The van der Waals surface area contributed by atoms with E-state index in [4.69, 9.17) is 10.5 Å². The van der Waals surface area contributed by atoms with Gasteiger partial charge in [-0.05, 0) is 37.6 Å². The SMILES string of the molecule is COc1ccc(-c2ccc(N)c(P(C)(C)=O)c2)nc1. The first-order valence-corrected chi connectivity index (χ1v) is 8.47. The molecule has 0 saturated carbocycles. The largest absolute Gasteiger partial charge is 0.495 e. The standard InChI is InChI=1S/C14H17N2O2P/c1-18-11-5-7-13(16-9-11)10-4-6-12(15)14(8-10)19(2,3)17/h4-9H,15H2,1-3H3. The van der Waals surface area contributed by atoms with Gasteiger partial charge in [-0.1, -0.05) is 6.07 Å². The molecule has 2 aromatic rings. The number of hydrogen-bond donors (Lipinski definition) is 1. The molecule has 0 radical (unpaired) electrons. The maximum absolute atomic E-state index is 12.2. The van der Waals surface area contributed by atoms with Crippen LogP contribution in [0.2, 0.25) is 0 Å². The van der Waals surface area contributed by atoms with Gasteiger partial charge in [0.15, 0.2) is 0 Å². The van der Waals surface area contributed by atoms with E-state index in [-0.39, 0.29) is 0 Å². The second-order valence-electron chi connectivity index (χ2n) is 4.71. The summed E-state index contributed by atoms with van der Waals surface area (Å²) in [6.45, 7) is 3.42. The summed E-state index contributed by atoms with van der Waals surface area (Å²) in [7, 11) is -0.796. The van der Waals surface area contributed by atoms with Crippen LogP contribution in [0, 0.1) is 0 Å². The third kappa shape index (κ3) is 2.96. The lowest BCUT2D eigenvalue weighted by molar-refractivity contribution is 0.413. The molecule has 4 nitrogen and oxygen atoms in total. The summed E-state index contributed by atoms with van der Waals surface area (Å²) in [6, 6.07) is 9.21. The highest BCUT2D eigenvalue weighted by Gasteiger charge is 2.16. The molecule has 1 heterocycles. The summed E-state index contributed by atoms with van der Waals surface area (Å²) < 4.78 is 17.3. The number of anilines is 1. The molecule has 0 spiro atoms. The van der Waals surface area contributed by atoms with Crippen LogP contribution in [0.25, 0.3) is 11.3 Å². The van der Waals surface area contributed by atoms with Crippen molar-refractivity contribution >= 4 is 18.1 Å². The third-order valence-electron chi connectivity index (χ3n) is 2.88. The Morgan fingerprint density at radius 2 is 1.95 bits per heavy atom. The lowest BCUT2D eigenvalue weighted by atomic mass is 10.1. The second kappa shape index (κ2) is 5.06. The van der Waals surface area contributed by atoms with Crippen LogP contribution in [0.15, 0.2) is 36.5 Å². The summed E-state index contributed by atoms with van der Waals surface area (Å²) in [5.41, 5.74) is 8.15. The van der Waals surface area contributed by atoms with Gasteiger partial charge >= 0.3 is 0 Å². The van der Waals surface area contributed by atoms with Crippen molar-refractivity contribution in [1.82, 2.24) is 4.98 Å². The number of nitrogens with two attached hydrogens (primary N) is 1. The minimum absolute atomic E-state index is 0.561. The van der Waals surface area contributed by atoms with Crippen LogP contribution in [-0.2, 0) is 4.57 Å². The first-order valence-electron chi connectivity index (χ1n) is 5.87. The van der Waals surface area contributed by atoms with Gasteiger partial charge < -0.3 is 15.0 Å². The zero-order chi connectivity index (χ0) is 14.0. The highest BCUT2D eigenvalue weighted by Crippen LogP contribution is 2.38. The average molecular weight is 276 g/mol. The molecule has 0 fully saturated rings. The molecule has 2 rings (SSSR count). The molecule has 0 atom stereocenters. The van der Waals surface area contributed by atoms with Crippen molar-refractivity contribution in [1.29, 1.82) is 0 Å². The van der Waals surface area contributed by atoms with E-state index in [9.17, 15) is 4.57 Å². The van der Waals surface area contributed by atoms with Crippen molar-refractivity contribution in [2.24, 2.45) is 0 Å². The minimum atomic E-state index is -2.40. The summed E-state index contributed by atoms with van der Waals surface area (Å²) >= 11 is 0. The maximum Gasteiger partial charge on any atom is 0.137 e. The van der Waals surface area contributed by atoms with Crippen LogP contribution in [0.1, 0.15) is 0 Å². The summed E-state index contributed by atoms with van der Waals surface area (Å²) in [6.07, 6.45) is 1.66. The van der Waals surface area contributed by atoms with Gasteiger partial charge in [-0.15, -0.1) is 0 Å². The van der Waals surface area contributed by atoms with Gasteiger partial charge in [-0.3, -0.25) is 4.98 Å².